The number of hydrogen-bond acceptors (Lipinski definition) is 3. The van der Waals surface area contributed by atoms with Crippen molar-refractivity contribution in [2.24, 2.45) is 0 Å². The second kappa shape index (κ2) is 8.79. The van der Waals surface area contributed by atoms with E-state index in [0.29, 0.717) is 12.5 Å². The average molecular weight is 251 g/mol. The first kappa shape index (κ1) is 15.7. The molecule has 0 atom stereocenters. The van der Waals surface area contributed by atoms with Crippen molar-refractivity contribution in [2.45, 2.75) is 38.1 Å². The molecule has 16 heavy (non-hydrogen) atoms. The van der Waals surface area contributed by atoms with E-state index in [1.54, 1.807) is 0 Å². The second-order valence-electron chi connectivity index (χ2n) is 4.31. The number of unbranched alkanes of at least 4 members (excludes halogenated alkanes) is 1. The van der Waals surface area contributed by atoms with Crippen LogP contribution in [0.25, 0.3) is 0 Å². The summed E-state index contributed by atoms with van der Waals surface area (Å²) in [6.45, 7) is 3.26. The molecule has 0 bridgehead atoms. The fourth-order valence-corrected chi connectivity index (χ4v) is 2.07. The summed E-state index contributed by atoms with van der Waals surface area (Å²) in [6, 6.07) is 0.691. The summed E-state index contributed by atoms with van der Waals surface area (Å²) in [6.07, 6.45) is 4.53. The maximum Gasteiger partial charge on any atom is 0.303 e. The number of halogens is 1. The van der Waals surface area contributed by atoms with Crippen LogP contribution in [-0.4, -0.2) is 48.7 Å². The Balaban J connectivity index is 0.00000225. The fraction of sp³-hybridized carbons (Fsp3) is 0.909. The van der Waals surface area contributed by atoms with Crippen LogP contribution in [0.3, 0.4) is 0 Å². The largest absolute Gasteiger partial charge is 0.481 e. The van der Waals surface area contributed by atoms with Crippen LogP contribution < -0.4 is 5.32 Å². The molecule has 2 N–H and O–H groups in total. The number of carbonyl (C=O) groups is 1. The third-order valence-electron chi connectivity index (χ3n) is 3.08. The van der Waals surface area contributed by atoms with Crippen molar-refractivity contribution in [3.8, 4) is 0 Å². The van der Waals surface area contributed by atoms with Crippen molar-refractivity contribution in [3.63, 3.8) is 0 Å². The van der Waals surface area contributed by atoms with Crippen LogP contribution in [0.1, 0.15) is 32.1 Å². The monoisotopic (exact) mass is 250 g/mol. The topological polar surface area (TPSA) is 52.6 Å². The number of nitrogens with one attached hydrogen (secondary N) is 1. The molecule has 96 valence electrons. The molecular weight excluding hydrogens is 228 g/mol. The Morgan fingerprint density at radius 1 is 1.38 bits per heavy atom. The standard InChI is InChI=1S/C11H22N2O2.ClH/c1-13(9-3-2-4-11(14)15)10-5-7-12-8-6-10;/h10,12H,2-9H2,1H3,(H,14,15);1H. The van der Waals surface area contributed by atoms with Crippen molar-refractivity contribution < 1.29 is 9.90 Å². The Labute approximate surface area is 104 Å². The van der Waals surface area contributed by atoms with Crippen molar-refractivity contribution in [1.82, 2.24) is 10.2 Å². The zero-order valence-corrected chi connectivity index (χ0v) is 10.8. The molecule has 1 aliphatic heterocycles. The lowest BCUT2D eigenvalue weighted by Crippen LogP contribution is -2.41. The van der Waals surface area contributed by atoms with E-state index in [1.807, 2.05) is 0 Å². The highest BCUT2D eigenvalue weighted by atomic mass is 35.5. The van der Waals surface area contributed by atoms with Gasteiger partial charge in [-0.25, -0.2) is 0 Å². The van der Waals surface area contributed by atoms with Crippen LogP contribution in [0, 0.1) is 0 Å². The number of aliphatic carboxylic acids is 1. The maximum atomic E-state index is 10.3. The molecule has 0 aromatic heterocycles. The van der Waals surface area contributed by atoms with Gasteiger partial charge in [0.15, 0.2) is 0 Å². The number of hydrogen-bond donors (Lipinski definition) is 2. The van der Waals surface area contributed by atoms with Gasteiger partial charge in [-0.05, 0) is 52.4 Å². The van der Waals surface area contributed by atoms with Crippen LogP contribution in [-0.2, 0) is 4.79 Å². The van der Waals surface area contributed by atoms with Crippen LogP contribution in [0.5, 0.6) is 0 Å². The number of carboxylic acid groups (broad SMARTS) is 1. The summed E-state index contributed by atoms with van der Waals surface area (Å²) < 4.78 is 0. The van der Waals surface area contributed by atoms with Crippen molar-refractivity contribution in [3.05, 3.63) is 0 Å². The molecule has 0 amide bonds. The summed E-state index contributed by atoms with van der Waals surface area (Å²) >= 11 is 0. The van der Waals surface area contributed by atoms with Gasteiger partial charge < -0.3 is 15.3 Å². The lowest BCUT2D eigenvalue weighted by atomic mass is 10.0. The van der Waals surface area contributed by atoms with Gasteiger partial charge in [0, 0.05) is 12.5 Å². The lowest BCUT2D eigenvalue weighted by Gasteiger charge is -2.31. The molecule has 1 rings (SSSR count). The second-order valence-corrected chi connectivity index (χ2v) is 4.31. The summed E-state index contributed by atoms with van der Waals surface area (Å²) in [4.78, 5) is 12.7. The lowest BCUT2D eigenvalue weighted by molar-refractivity contribution is -0.137. The Morgan fingerprint density at radius 3 is 2.56 bits per heavy atom. The van der Waals surface area contributed by atoms with Gasteiger partial charge in [0.2, 0.25) is 0 Å². The normalized spacial score (nSPS) is 17.1. The zero-order valence-electron chi connectivity index (χ0n) is 9.95. The molecule has 4 nitrogen and oxygen atoms in total. The maximum absolute atomic E-state index is 10.3. The first-order valence-corrected chi connectivity index (χ1v) is 5.83. The van der Waals surface area contributed by atoms with Crippen molar-refractivity contribution in [2.75, 3.05) is 26.7 Å². The molecule has 1 saturated heterocycles. The Kier molecular flexibility index (Phi) is 8.61. The molecule has 0 radical (unpaired) electrons. The predicted octanol–water partition coefficient (Wildman–Crippen LogP) is 1.35. The Bertz CT molecular complexity index is 196. The molecule has 1 aliphatic rings. The highest BCUT2D eigenvalue weighted by molar-refractivity contribution is 5.85. The Morgan fingerprint density at radius 2 is 2.00 bits per heavy atom. The van der Waals surface area contributed by atoms with E-state index in [-0.39, 0.29) is 12.4 Å². The van der Waals surface area contributed by atoms with Crippen LogP contribution in [0.2, 0.25) is 0 Å². The summed E-state index contributed by atoms with van der Waals surface area (Å²) in [5.41, 5.74) is 0. The summed E-state index contributed by atoms with van der Waals surface area (Å²) in [7, 11) is 2.15. The van der Waals surface area contributed by atoms with E-state index in [0.717, 1.165) is 32.5 Å². The molecular formula is C11H23ClN2O2. The molecule has 0 aromatic carbocycles. The van der Waals surface area contributed by atoms with Gasteiger partial charge in [0.25, 0.3) is 0 Å². The zero-order chi connectivity index (χ0) is 11.1. The molecule has 1 fully saturated rings. The molecule has 5 heteroatoms. The van der Waals surface area contributed by atoms with Gasteiger partial charge in [-0.2, -0.15) is 0 Å². The highest BCUT2D eigenvalue weighted by Gasteiger charge is 2.16. The fourth-order valence-electron chi connectivity index (χ4n) is 2.07. The van der Waals surface area contributed by atoms with Gasteiger partial charge in [0.1, 0.15) is 0 Å². The van der Waals surface area contributed by atoms with Crippen molar-refractivity contribution in [1.29, 1.82) is 0 Å². The van der Waals surface area contributed by atoms with E-state index in [4.69, 9.17) is 5.11 Å². The number of piperidine rings is 1. The Hall–Kier alpha value is -0.320. The van der Waals surface area contributed by atoms with Crippen LogP contribution in [0.4, 0.5) is 0 Å². The first-order valence-electron chi connectivity index (χ1n) is 5.83. The van der Waals surface area contributed by atoms with E-state index < -0.39 is 5.97 Å². The highest BCUT2D eigenvalue weighted by Crippen LogP contribution is 2.10. The summed E-state index contributed by atoms with van der Waals surface area (Å²) in [5, 5.41) is 11.9. The number of carboxylic acids is 1. The minimum absolute atomic E-state index is 0. The molecule has 0 aliphatic carbocycles. The third kappa shape index (κ3) is 6.30. The van der Waals surface area contributed by atoms with Crippen LogP contribution in [0.15, 0.2) is 0 Å². The number of rotatable bonds is 6. The predicted molar refractivity (Wildman–Crippen MR) is 67.3 cm³/mol. The molecule has 0 unspecified atom stereocenters. The van der Waals surface area contributed by atoms with E-state index in [9.17, 15) is 4.79 Å². The SMILES string of the molecule is CN(CCCCC(=O)O)C1CCNCC1.Cl. The van der Waals surface area contributed by atoms with Gasteiger partial charge in [0.05, 0.1) is 0 Å². The van der Waals surface area contributed by atoms with Gasteiger partial charge in [-0.3, -0.25) is 4.79 Å². The minimum Gasteiger partial charge on any atom is -0.481 e. The van der Waals surface area contributed by atoms with E-state index >= 15 is 0 Å². The first-order chi connectivity index (χ1) is 7.20. The van der Waals surface area contributed by atoms with Crippen LogP contribution >= 0.6 is 12.4 Å². The molecule has 0 saturated carbocycles. The quantitative estimate of drug-likeness (QED) is 0.699. The van der Waals surface area contributed by atoms with Gasteiger partial charge in [-0.1, -0.05) is 0 Å². The molecule has 0 spiro atoms. The van der Waals surface area contributed by atoms with Gasteiger partial charge >= 0.3 is 5.97 Å². The minimum atomic E-state index is -0.681. The van der Waals surface area contributed by atoms with E-state index in [1.165, 1.54) is 12.8 Å². The molecule has 0 aromatic rings. The van der Waals surface area contributed by atoms with E-state index in [2.05, 4.69) is 17.3 Å². The van der Waals surface area contributed by atoms with Crippen molar-refractivity contribution >= 4 is 18.4 Å². The molecule has 1 heterocycles. The number of nitrogens with zero attached hydrogens (tertiary/aromatic N) is 1. The van der Waals surface area contributed by atoms with Gasteiger partial charge in [-0.15, -0.1) is 12.4 Å². The summed E-state index contributed by atoms with van der Waals surface area (Å²) in [5.74, 6) is -0.681. The average Bonchev–Trinajstić information content (AvgIpc) is 2.25. The third-order valence-corrected chi connectivity index (χ3v) is 3.08. The smallest absolute Gasteiger partial charge is 0.303 e.